The van der Waals surface area contributed by atoms with Gasteiger partial charge < -0.3 is 5.32 Å². The normalized spacial score (nSPS) is 16.0. The van der Waals surface area contributed by atoms with Crippen molar-refractivity contribution in [1.29, 1.82) is 0 Å². The van der Waals surface area contributed by atoms with Crippen molar-refractivity contribution in [3.8, 4) is 0 Å². The van der Waals surface area contributed by atoms with Gasteiger partial charge >= 0.3 is 0 Å². The summed E-state index contributed by atoms with van der Waals surface area (Å²) in [6, 6.07) is 15.4. The lowest BCUT2D eigenvalue weighted by Gasteiger charge is -2.27. The highest BCUT2D eigenvalue weighted by molar-refractivity contribution is 6.31. The molecule has 2 aromatic carbocycles. The molecule has 2 heterocycles. The minimum atomic E-state index is -0.487. The summed E-state index contributed by atoms with van der Waals surface area (Å²) < 4.78 is 13.4. The summed E-state index contributed by atoms with van der Waals surface area (Å²) >= 11 is 5.88. The van der Waals surface area contributed by atoms with Gasteiger partial charge in [-0.2, -0.15) is 0 Å². The molecule has 4 nitrogen and oxygen atoms in total. The predicted octanol–water partition coefficient (Wildman–Crippen LogP) is 4.65. The minimum absolute atomic E-state index is 0.0236. The maximum atomic E-state index is 13.4. The molecule has 6 heteroatoms. The smallest absolute Gasteiger partial charge is 0.260 e. The first-order valence-electron chi connectivity index (χ1n) is 7.69. The molecule has 0 aliphatic carbocycles. The molecule has 0 fully saturated rings. The molecule has 1 unspecified atom stereocenters. The topological polar surface area (TPSA) is 45.2 Å². The van der Waals surface area contributed by atoms with Gasteiger partial charge in [0.2, 0.25) is 0 Å². The summed E-state index contributed by atoms with van der Waals surface area (Å²) in [6.07, 6.45) is 2.85. The van der Waals surface area contributed by atoms with Crippen LogP contribution in [0.1, 0.15) is 22.1 Å². The number of amides is 1. The number of carbonyl (C=O) groups excluding carboxylic acids is 1. The van der Waals surface area contributed by atoms with Gasteiger partial charge in [0.25, 0.3) is 5.91 Å². The number of hydrogen-bond acceptors (Lipinski definition) is 3. The third-order valence-electron chi connectivity index (χ3n) is 4.11. The molecular formula is C19H13ClFN3O. The number of nitrogens with one attached hydrogen (secondary N) is 1. The zero-order chi connectivity index (χ0) is 17.4. The molecule has 3 aromatic rings. The third-order valence-corrected chi connectivity index (χ3v) is 4.40. The molecule has 25 heavy (non-hydrogen) atoms. The Morgan fingerprint density at radius 2 is 1.96 bits per heavy atom. The largest absolute Gasteiger partial charge is 0.361 e. The monoisotopic (exact) mass is 353 g/mol. The van der Waals surface area contributed by atoms with Gasteiger partial charge in [0, 0.05) is 23.0 Å². The molecule has 0 bridgehead atoms. The Balaban J connectivity index is 1.78. The van der Waals surface area contributed by atoms with Crippen LogP contribution in [0.25, 0.3) is 0 Å². The van der Waals surface area contributed by atoms with Gasteiger partial charge in [-0.25, -0.2) is 4.39 Å². The van der Waals surface area contributed by atoms with Gasteiger partial charge in [-0.15, -0.1) is 0 Å². The average Bonchev–Trinajstić information content (AvgIpc) is 2.91. The van der Waals surface area contributed by atoms with E-state index in [4.69, 9.17) is 11.6 Å². The van der Waals surface area contributed by atoms with Crippen LogP contribution in [-0.2, 0) is 0 Å². The number of hydrogen-bond donors (Lipinski definition) is 1. The zero-order valence-electron chi connectivity index (χ0n) is 13.0. The Bertz CT molecular complexity index is 948. The van der Waals surface area contributed by atoms with Crippen molar-refractivity contribution in [3.63, 3.8) is 0 Å². The van der Waals surface area contributed by atoms with Crippen LogP contribution in [0.4, 0.5) is 15.8 Å². The highest BCUT2D eigenvalue weighted by atomic mass is 35.5. The van der Waals surface area contributed by atoms with Crippen LogP contribution in [-0.4, -0.2) is 10.9 Å². The van der Waals surface area contributed by atoms with Gasteiger partial charge in [-0.3, -0.25) is 14.7 Å². The second-order valence-electron chi connectivity index (χ2n) is 5.65. The second-order valence-corrected chi connectivity index (χ2v) is 6.06. The Labute approximate surface area is 148 Å². The Morgan fingerprint density at radius 1 is 1.12 bits per heavy atom. The van der Waals surface area contributed by atoms with Gasteiger partial charge in [-0.1, -0.05) is 29.8 Å². The highest BCUT2D eigenvalue weighted by Crippen LogP contribution is 2.38. The molecular weight excluding hydrogens is 341 g/mol. The lowest BCUT2D eigenvalue weighted by molar-refractivity contribution is 0.0993. The first-order chi connectivity index (χ1) is 12.1. The maximum absolute atomic E-state index is 13.4. The van der Waals surface area contributed by atoms with E-state index >= 15 is 0 Å². The summed E-state index contributed by atoms with van der Waals surface area (Å²) in [6.45, 7) is 0. The molecule has 4 rings (SSSR count). The Morgan fingerprint density at radius 3 is 2.72 bits per heavy atom. The van der Waals surface area contributed by atoms with E-state index in [1.807, 2.05) is 24.3 Å². The van der Waals surface area contributed by atoms with Crippen molar-refractivity contribution in [1.82, 2.24) is 4.98 Å². The number of halogens is 2. The average molecular weight is 354 g/mol. The number of benzene rings is 2. The number of carbonyl (C=O) groups is 1. The molecule has 1 amide bonds. The fraction of sp³-hybridized carbons (Fsp3) is 0.0526. The van der Waals surface area contributed by atoms with Crippen LogP contribution in [0.3, 0.4) is 0 Å². The standard InChI is InChI=1S/C19H13ClFN3O/c20-16-10-12(7-8-17(16)21)23-18-14-5-1-2-6-15(14)19(25)24(18)13-4-3-9-22-11-13/h1-11,18,23H. The van der Waals surface area contributed by atoms with E-state index in [1.54, 1.807) is 35.5 Å². The number of aromatic nitrogens is 1. The minimum Gasteiger partial charge on any atom is -0.361 e. The van der Waals surface area contributed by atoms with E-state index in [9.17, 15) is 9.18 Å². The van der Waals surface area contributed by atoms with Crippen molar-refractivity contribution in [2.45, 2.75) is 6.17 Å². The summed E-state index contributed by atoms with van der Waals surface area (Å²) in [5.41, 5.74) is 2.76. The Kier molecular flexibility index (Phi) is 3.86. The molecule has 0 spiro atoms. The fourth-order valence-corrected chi connectivity index (χ4v) is 3.15. The lowest BCUT2D eigenvalue weighted by atomic mass is 10.1. The van der Waals surface area contributed by atoms with Gasteiger partial charge in [0.15, 0.2) is 0 Å². The number of fused-ring (bicyclic) bond motifs is 1. The molecule has 1 aliphatic heterocycles. The maximum Gasteiger partial charge on any atom is 0.260 e. The van der Waals surface area contributed by atoms with Gasteiger partial charge in [0.1, 0.15) is 12.0 Å². The van der Waals surface area contributed by atoms with Crippen molar-refractivity contribution >= 4 is 28.9 Å². The lowest BCUT2D eigenvalue weighted by Crippen LogP contribution is -2.32. The van der Waals surface area contributed by atoms with Crippen LogP contribution in [0, 0.1) is 5.82 Å². The predicted molar refractivity (Wildman–Crippen MR) is 95.3 cm³/mol. The number of nitrogens with zero attached hydrogens (tertiary/aromatic N) is 2. The first-order valence-corrected chi connectivity index (χ1v) is 8.07. The van der Waals surface area contributed by atoms with Crippen LogP contribution < -0.4 is 10.2 Å². The van der Waals surface area contributed by atoms with E-state index in [0.717, 1.165) is 5.56 Å². The first kappa shape index (κ1) is 15.6. The molecule has 0 saturated heterocycles. The molecule has 1 atom stereocenters. The van der Waals surface area contributed by atoms with Crippen LogP contribution in [0.15, 0.2) is 67.0 Å². The summed E-state index contributed by atoms with van der Waals surface area (Å²) in [5.74, 6) is -0.603. The van der Waals surface area contributed by atoms with E-state index in [2.05, 4.69) is 10.3 Å². The molecule has 0 radical (unpaired) electrons. The third kappa shape index (κ3) is 2.72. The Hall–Kier alpha value is -2.92. The van der Waals surface area contributed by atoms with Gasteiger partial charge in [-0.05, 0) is 36.4 Å². The summed E-state index contributed by atoms with van der Waals surface area (Å²) in [7, 11) is 0. The van der Waals surface area contributed by atoms with Crippen molar-refractivity contribution < 1.29 is 9.18 Å². The van der Waals surface area contributed by atoms with E-state index in [1.165, 1.54) is 12.1 Å². The summed E-state index contributed by atoms with van der Waals surface area (Å²) in [5, 5.41) is 3.29. The van der Waals surface area contributed by atoms with Crippen LogP contribution in [0.2, 0.25) is 5.02 Å². The van der Waals surface area contributed by atoms with Crippen molar-refractivity contribution in [2.75, 3.05) is 10.2 Å². The van der Waals surface area contributed by atoms with Gasteiger partial charge in [0.05, 0.1) is 16.9 Å². The molecule has 124 valence electrons. The molecule has 1 aromatic heterocycles. The van der Waals surface area contributed by atoms with Crippen LogP contribution in [0.5, 0.6) is 0 Å². The SMILES string of the molecule is O=C1c2ccccc2C(Nc2ccc(F)c(Cl)c2)N1c1cccnc1. The number of pyridine rings is 1. The highest BCUT2D eigenvalue weighted by Gasteiger charge is 2.37. The van der Waals surface area contributed by atoms with E-state index in [0.29, 0.717) is 16.9 Å². The molecule has 0 saturated carbocycles. The number of rotatable bonds is 3. The number of anilines is 2. The zero-order valence-corrected chi connectivity index (χ0v) is 13.7. The van der Waals surface area contributed by atoms with Crippen LogP contribution >= 0.6 is 11.6 Å². The fourth-order valence-electron chi connectivity index (χ4n) is 2.96. The van der Waals surface area contributed by atoms with E-state index in [-0.39, 0.29) is 10.9 Å². The van der Waals surface area contributed by atoms with Crippen molar-refractivity contribution in [2.24, 2.45) is 0 Å². The summed E-state index contributed by atoms with van der Waals surface area (Å²) in [4.78, 5) is 18.6. The van der Waals surface area contributed by atoms with Crippen molar-refractivity contribution in [3.05, 3.63) is 89.0 Å². The quantitative estimate of drug-likeness (QED) is 0.745. The molecule has 1 aliphatic rings. The molecule has 1 N–H and O–H groups in total. The van der Waals surface area contributed by atoms with E-state index < -0.39 is 12.0 Å². The second kappa shape index (κ2) is 6.18.